The summed E-state index contributed by atoms with van der Waals surface area (Å²) in [6.45, 7) is 3.21. The molecule has 0 bridgehead atoms. The molecular formula is C4H5NO. The molecule has 0 radical (unpaired) electrons. The second-order valence-electron chi connectivity index (χ2n) is 0.762. The minimum Gasteiger partial charge on any atom is -0.390 e. The number of carbonyl (C=O) groups excluding carboxylic acids is 1. The van der Waals surface area contributed by atoms with Crippen LogP contribution < -0.4 is 5.73 Å². The van der Waals surface area contributed by atoms with E-state index >= 15 is 0 Å². The third-order valence-corrected chi connectivity index (χ3v) is 0.338. The van der Waals surface area contributed by atoms with Gasteiger partial charge in [-0.15, -0.1) is 0 Å². The second-order valence-corrected chi connectivity index (χ2v) is 0.762. The summed E-state index contributed by atoms with van der Waals surface area (Å²) in [4.78, 5) is 9.38. The molecule has 2 nitrogen and oxygen atoms in total. The van der Waals surface area contributed by atoms with Gasteiger partial charge in [0, 0.05) is 0 Å². The molecule has 0 aromatic heterocycles. The summed E-state index contributed by atoms with van der Waals surface area (Å²) in [6.07, 6.45) is 1.24. The summed E-state index contributed by atoms with van der Waals surface area (Å²) in [6, 6.07) is 0. The molecule has 2 heteroatoms. The number of rotatable bonds is 1. The molecule has 0 fully saturated rings. The van der Waals surface area contributed by atoms with Gasteiger partial charge in [-0.25, -0.2) is 4.79 Å². The first-order valence-electron chi connectivity index (χ1n) is 1.44. The van der Waals surface area contributed by atoms with Crippen LogP contribution in [0, 0.1) is 0 Å². The lowest BCUT2D eigenvalue weighted by atomic mass is 10.5. The summed E-state index contributed by atoms with van der Waals surface area (Å²) in [7, 11) is 0. The minimum absolute atomic E-state index is 0.0509. The Kier molecular flexibility index (Phi) is 1.86. The molecule has 2 N–H and O–H groups in total. The first kappa shape index (κ1) is 4.99. The van der Waals surface area contributed by atoms with E-state index < -0.39 is 0 Å². The number of allylic oxidation sites excluding steroid dienone is 1. The minimum atomic E-state index is 0.0509. The van der Waals surface area contributed by atoms with Crippen molar-refractivity contribution in [2.45, 2.75) is 0 Å². The molecule has 0 saturated carbocycles. The van der Waals surface area contributed by atoms with Crippen molar-refractivity contribution in [3.8, 4) is 0 Å². The lowest BCUT2D eigenvalue weighted by Crippen LogP contribution is -1.90. The smallest absolute Gasteiger partial charge is 0.149 e. The van der Waals surface area contributed by atoms with Crippen LogP contribution in [0.3, 0.4) is 0 Å². The van der Waals surface area contributed by atoms with Crippen LogP contribution in [0.2, 0.25) is 0 Å². The summed E-state index contributed by atoms with van der Waals surface area (Å²) in [5.41, 5.74) is 4.90. The SMILES string of the molecule is C=CC(N)=C=O. The first-order chi connectivity index (χ1) is 2.81. The van der Waals surface area contributed by atoms with E-state index in [-0.39, 0.29) is 5.70 Å². The summed E-state index contributed by atoms with van der Waals surface area (Å²) in [5.74, 6) is 1.44. The van der Waals surface area contributed by atoms with Crippen molar-refractivity contribution >= 4 is 5.94 Å². The fourth-order valence-corrected chi connectivity index (χ4v) is 0.0417. The molecule has 0 saturated heterocycles. The van der Waals surface area contributed by atoms with Gasteiger partial charge in [-0.1, -0.05) is 6.58 Å². The highest BCUT2D eigenvalue weighted by molar-refractivity contribution is 5.54. The Hall–Kier alpha value is -1.01. The normalized spacial score (nSPS) is 6.00. The molecule has 0 rings (SSSR count). The molecule has 0 spiro atoms. The van der Waals surface area contributed by atoms with Gasteiger partial charge in [0.25, 0.3) is 0 Å². The standard InChI is InChI=1S/C4H5NO/c1-2-4(5)3-6/h2H,1,5H2. The average Bonchev–Trinajstić information content (AvgIpc) is 1.65. The van der Waals surface area contributed by atoms with Gasteiger partial charge in [0.1, 0.15) is 11.6 Å². The van der Waals surface area contributed by atoms with E-state index in [1.165, 1.54) is 12.0 Å². The maximum Gasteiger partial charge on any atom is 0.149 e. The predicted octanol–water partition coefficient (Wildman–Crippen LogP) is -0.153. The largest absolute Gasteiger partial charge is 0.390 e. The quantitative estimate of drug-likeness (QED) is 0.354. The fourth-order valence-electron chi connectivity index (χ4n) is 0.0417. The summed E-state index contributed by atoms with van der Waals surface area (Å²) >= 11 is 0. The molecule has 0 aliphatic carbocycles. The molecule has 0 aromatic carbocycles. The summed E-state index contributed by atoms with van der Waals surface area (Å²) < 4.78 is 0. The molecule has 0 aromatic rings. The first-order valence-corrected chi connectivity index (χ1v) is 1.44. The zero-order chi connectivity index (χ0) is 4.99. The highest BCUT2D eigenvalue weighted by Gasteiger charge is 1.69. The molecule has 6 heavy (non-hydrogen) atoms. The topological polar surface area (TPSA) is 43.1 Å². The monoisotopic (exact) mass is 83.0 g/mol. The highest BCUT2D eigenvalue weighted by atomic mass is 16.1. The van der Waals surface area contributed by atoms with Crippen LogP contribution in [0.25, 0.3) is 0 Å². The number of hydrogen-bond donors (Lipinski definition) is 1. The van der Waals surface area contributed by atoms with Gasteiger partial charge in [0.15, 0.2) is 0 Å². The van der Waals surface area contributed by atoms with Crippen LogP contribution in [-0.2, 0) is 4.79 Å². The zero-order valence-corrected chi connectivity index (χ0v) is 3.27. The van der Waals surface area contributed by atoms with Crippen LogP contribution in [0.1, 0.15) is 0 Å². The van der Waals surface area contributed by atoms with E-state index in [1.807, 2.05) is 0 Å². The van der Waals surface area contributed by atoms with Crippen molar-refractivity contribution in [2.75, 3.05) is 0 Å². The molecule has 0 aliphatic rings. The Labute approximate surface area is 36.0 Å². The summed E-state index contributed by atoms with van der Waals surface area (Å²) in [5, 5.41) is 0. The van der Waals surface area contributed by atoms with Crippen LogP contribution in [0.5, 0.6) is 0 Å². The Bertz CT molecular complexity index is 100. The van der Waals surface area contributed by atoms with E-state index in [9.17, 15) is 4.79 Å². The number of hydrogen-bond acceptors (Lipinski definition) is 2. The van der Waals surface area contributed by atoms with Crippen molar-refractivity contribution in [1.82, 2.24) is 0 Å². The molecule has 0 heterocycles. The van der Waals surface area contributed by atoms with E-state index in [4.69, 9.17) is 5.73 Å². The predicted molar refractivity (Wildman–Crippen MR) is 23.6 cm³/mol. The molecule has 0 aliphatic heterocycles. The van der Waals surface area contributed by atoms with Crippen molar-refractivity contribution in [2.24, 2.45) is 5.73 Å². The molecule has 0 unspecified atom stereocenters. The van der Waals surface area contributed by atoms with Gasteiger partial charge in [0.05, 0.1) is 0 Å². The molecule has 0 amide bonds. The van der Waals surface area contributed by atoms with Gasteiger partial charge in [-0.3, -0.25) is 0 Å². The lowest BCUT2D eigenvalue weighted by Gasteiger charge is -1.71. The second kappa shape index (κ2) is 2.24. The zero-order valence-electron chi connectivity index (χ0n) is 3.27. The van der Waals surface area contributed by atoms with Gasteiger partial charge in [0.2, 0.25) is 0 Å². The highest BCUT2D eigenvalue weighted by Crippen LogP contribution is 1.67. The van der Waals surface area contributed by atoms with Crippen LogP contribution >= 0.6 is 0 Å². The Morgan fingerprint density at radius 1 is 2.00 bits per heavy atom. The molecular weight excluding hydrogens is 78.0 g/mol. The van der Waals surface area contributed by atoms with Crippen molar-refractivity contribution in [3.05, 3.63) is 18.4 Å². The lowest BCUT2D eigenvalue weighted by molar-refractivity contribution is 0.567. The maximum absolute atomic E-state index is 9.38. The van der Waals surface area contributed by atoms with E-state index in [0.29, 0.717) is 0 Å². The van der Waals surface area contributed by atoms with Crippen molar-refractivity contribution in [1.29, 1.82) is 0 Å². The van der Waals surface area contributed by atoms with E-state index in [2.05, 4.69) is 6.58 Å². The molecule has 32 valence electrons. The van der Waals surface area contributed by atoms with Crippen molar-refractivity contribution in [3.63, 3.8) is 0 Å². The third-order valence-electron chi connectivity index (χ3n) is 0.338. The van der Waals surface area contributed by atoms with Gasteiger partial charge in [-0.05, 0) is 6.08 Å². The van der Waals surface area contributed by atoms with Crippen LogP contribution in [0.4, 0.5) is 0 Å². The van der Waals surface area contributed by atoms with Gasteiger partial charge >= 0.3 is 0 Å². The molecule has 0 atom stereocenters. The Morgan fingerprint density at radius 3 is 2.50 bits per heavy atom. The fraction of sp³-hybridized carbons (Fsp3) is 0. The van der Waals surface area contributed by atoms with E-state index in [1.54, 1.807) is 0 Å². The van der Waals surface area contributed by atoms with Crippen LogP contribution in [-0.4, -0.2) is 5.94 Å². The van der Waals surface area contributed by atoms with Crippen LogP contribution in [0.15, 0.2) is 18.4 Å². The third kappa shape index (κ3) is 1.32. The van der Waals surface area contributed by atoms with Gasteiger partial charge < -0.3 is 5.73 Å². The van der Waals surface area contributed by atoms with Crippen molar-refractivity contribution < 1.29 is 4.79 Å². The average molecular weight is 83.1 g/mol. The number of nitrogens with two attached hydrogens (primary N) is 1. The Balaban J connectivity index is 3.86. The van der Waals surface area contributed by atoms with Gasteiger partial charge in [-0.2, -0.15) is 0 Å². The maximum atomic E-state index is 9.38. The Morgan fingerprint density at radius 2 is 2.50 bits per heavy atom. The van der Waals surface area contributed by atoms with E-state index in [0.717, 1.165) is 0 Å².